The van der Waals surface area contributed by atoms with E-state index in [-0.39, 0.29) is 12.6 Å². The van der Waals surface area contributed by atoms with E-state index >= 15 is 0 Å². The van der Waals surface area contributed by atoms with E-state index < -0.39 is 35.5 Å². The van der Waals surface area contributed by atoms with Gasteiger partial charge in [-0.3, -0.25) is 9.59 Å². The number of likely N-dealkylation sites (tertiary alicyclic amines) is 1. The fourth-order valence-electron chi connectivity index (χ4n) is 2.71. The summed E-state index contributed by atoms with van der Waals surface area (Å²) in [4.78, 5) is 36.8. The number of fused-ring (bicyclic) bond motifs is 1. The minimum atomic E-state index is -0.600. The van der Waals surface area contributed by atoms with Crippen molar-refractivity contribution in [3.05, 3.63) is 0 Å². The highest BCUT2D eigenvalue weighted by Crippen LogP contribution is 2.38. The Labute approximate surface area is 112 Å². The van der Waals surface area contributed by atoms with Gasteiger partial charge in [-0.15, -0.1) is 0 Å². The van der Waals surface area contributed by atoms with E-state index in [0.717, 1.165) is 0 Å². The number of carbonyl (C=O) groups is 3. The molecule has 0 radical (unpaired) electrons. The molecule has 3 atom stereocenters. The summed E-state index contributed by atoms with van der Waals surface area (Å²) in [5, 5.41) is 0. The molecule has 6 nitrogen and oxygen atoms in total. The molecule has 0 aromatic rings. The number of carbonyl (C=O) groups excluding carboxylic acids is 3. The van der Waals surface area contributed by atoms with E-state index in [2.05, 4.69) is 4.74 Å². The molecule has 19 heavy (non-hydrogen) atoms. The van der Waals surface area contributed by atoms with Crippen LogP contribution in [0.3, 0.4) is 0 Å². The zero-order valence-electron chi connectivity index (χ0n) is 11.6. The van der Waals surface area contributed by atoms with Crippen molar-refractivity contribution in [1.29, 1.82) is 0 Å². The van der Waals surface area contributed by atoms with E-state index in [1.165, 1.54) is 4.90 Å². The van der Waals surface area contributed by atoms with Gasteiger partial charge < -0.3 is 14.4 Å². The quantitative estimate of drug-likeness (QED) is 0.530. The van der Waals surface area contributed by atoms with Crippen LogP contribution in [0.25, 0.3) is 0 Å². The van der Waals surface area contributed by atoms with Crippen molar-refractivity contribution in [2.75, 3.05) is 6.54 Å². The Hall–Kier alpha value is -1.59. The van der Waals surface area contributed by atoms with Gasteiger partial charge in [0.15, 0.2) is 0 Å². The number of hydrogen-bond donors (Lipinski definition) is 0. The monoisotopic (exact) mass is 269 g/mol. The maximum absolute atomic E-state index is 12.1. The molecule has 2 heterocycles. The number of hydrogen-bond acceptors (Lipinski definition) is 5. The number of esters is 2. The first-order chi connectivity index (χ1) is 8.74. The van der Waals surface area contributed by atoms with Crippen LogP contribution in [-0.4, -0.2) is 41.1 Å². The molecule has 0 aromatic heterocycles. The number of ether oxygens (including phenoxy) is 2. The lowest BCUT2D eigenvalue weighted by Gasteiger charge is -2.29. The Bertz CT molecular complexity index is 425. The van der Waals surface area contributed by atoms with Gasteiger partial charge in [-0.2, -0.15) is 0 Å². The lowest BCUT2D eigenvalue weighted by molar-refractivity contribution is -0.155. The molecule has 2 aliphatic heterocycles. The van der Waals surface area contributed by atoms with Crippen LogP contribution in [-0.2, 0) is 19.1 Å². The predicted molar refractivity (Wildman–Crippen MR) is 65.1 cm³/mol. The van der Waals surface area contributed by atoms with Crippen LogP contribution >= 0.6 is 0 Å². The normalized spacial score (nSPS) is 30.3. The van der Waals surface area contributed by atoms with Crippen LogP contribution in [0.5, 0.6) is 0 Å². The minimum Gasteiger partial charge on any atom is -0.444 e. The van der Waals surface area contributed by atoms with E-state index in [1.54, 1.807) is 20.8 Å². The summed E-state index contributed by atoms with van der Waals surface area (Å²) in [6, 6.07) is -0.321. The molecule has 0 saturated carbocycles. The first-order valence-electron chi connectivity index (χ1n) is 6.49. The van der Waals surface area contributed by atoms with E-state index in [0.29, 0.717) is 6.42 Å². The molecule has 2 aliphatic rings. The van der Waals surface area contributed by atoms with E-state index in [1.807, 2.05) is 6.92 Å². The first-order valence-corrected chi connectivity index (χ1v) is 6.49. The van der Waals surface area contributed by atoms with Gasteiger partial charge >= 0.3 is 18.0 Å². The topological polar surface area (TPSA) is 72.9 Å². The number of nitrogens with zero attached hydrogens (tertiary/aromatic N) is 1. The third kappa shape index (κ3) is 2.43. The second-order valence-electron chi connectivity index (χ2n) is 5.98. The summed E-state index contributed by atoms with van der Waals surface area (Å²) in [7, 11) is 0. The Morgan fingerprint density at radius 3 is 2.53 bits per heavy atom. The van der Waals surface area contributed by atoms with Gasteiger partial charge in [-0.1, -0.05) is 6.92 Å². The van der Waals surface area contributed by atoms with E-state index in [9.17, 15) is 14.4 Å². The van der Waals surface area contributed by atoms with Crippen molar-refractivity contribution in [2.45, 2.75) is 45.8 Å². The molecule has 106 valence electrons. The molecule has 2 saturated heterocycles. The first kappa shape index (κ1) is 13.8. The van der Waals surface area contributed by atoms with Gasteiger partial charge in [-0.25, -0.2) is 4.79 Å². The molecular formula is C13H19NO5. The number of rotatable bonds is 1. The lowest BCUT2D eigenvalue weighted by Crippen LogP contribution is -2.42. The zero-order valence-corrected chi connectivity index (χ0v) is 11.6. The van der Waals surface area contributed by atoms with Crippen LogP contribution in [0.15, 0.2) is 0 Å². The summed E-state index contributed by atoms with van der Waals surface area (Å²) in [5.74, 6) is -2.12. The Morgan fingerprint density at radius 1 is 1.37 bits per heavy atom. The maximum atomic E-state index is 12.1. The molecule has 2 rings (SSSR count). The van der Waals surface area contributed by atoms with Crippen molar-refractivity contribution >= 4 is 18.0 Å². The molecule has 6 heteroatoms. The molecule has 1 amide bonds. The van der Waals surface area contributed by atoms with Crippen LogP contribution in [0.4, 0.5) is 4.79 Å². The molecule has 0 aliphatic carbocycles. The van der Waals surface area contributed by atoms with Gasteiger partial charge in [0.1, 0.15) is 5.60 Å². The average molecular weight is 269 g/mol. The third-order valence-electron chi connectivity index (χ3n) is 3.46. The van der Waals surface area contributed by atoms with Gasteiger partial charge in [0.05, 0.1) is 11.8 Å². The van der Waals surface area contributed by atoms with Gasteiger partial charge in [0.25, 0.3) is 0 Å². The van der Waals surface area contributed by atoms with Crippen molar-refractivity contribution < 1.29 is 23.9 Å². The average Bonchev–Trinajstić information content (AvgIpc) is 2.76. The molecule has 2 fully saturated rings. The molecular weight excluding hydrogens is 250 g/mol. The lowest BCUT2D eigenvalue weighted by atomic mass is 9.92. The molecule has 0 N–H and O–H groups in total. The largest absolute Gasteiger partial charge is 0.444 e. The van der Waals surface area contributed by atoms with Crippen molar-refractivity contribution in [2.24, 2.45) is 11.8 Å². The SMILES string of the molecule is CCC1C2C(=O)OC(=O)C2CN1C(=O)OC(C)(C)C. The number of cyclic esters (lactones) is 2. The molecule has 0 bridgehead atoms. The fraction of sp³-hybridized carbons (Fsp3) is 0.769. The van der Waals surface area contributed by atoms with Crippen molar-refractivity contribution in [1.82, 2.24) is 4.90 Å². The van der Waals surface area contributed by atoms with Gasteiger partial charge in [0.2, 0.25) is 0 Å². The Kier molecular flexibility index (Phi) is 3.28. The summed E-state index contributed by atoms with van der Waals surface area (Å²) in [6.07, 6.45) is 0.109. The highest BCUT2D eigenvalue weighted by molar-refractivity contribution is 5.98. The Morgan fingerprint density at radius 2 is 2.00 bits per heavy atom. The second kappa shape index (κ2) is 4.51. The minimum absolute atomic E-state index is 0.197. The standard InChI is InChI=1S/C13H19NO5/c1-5-8-9-7(10(15)18-11(9)16)6-14(8)12(17)19-13(2,3)4/h7-9H,5-6H2,1-4H3. The molecule has 0 aromatic carbocycles. The van der Waals surface area contributed by atoms with Crippen LogP contribution in [0, 0.1) is 11.8 Å². The smallest absolute Gasteiger partial charge is 0.410 e. The summed E-state index contributed by atoms with van der Waals surface area (Å²) in [6.45, 7) is 7.41. The summed E-state index contributed by atoms with van der Waals surface area (Å²) in [5.41, 5.74) is -0.600. The second-order valence-corrected chi connectivity index (χ2v) is 5.98. The summed E-state index contributed by atoms with van der Waals surface area (Å²) < 4.78 is 9.95. The number of amides is 1. The summed E-state index contributed by atoms with van der Waals surface area (Å²) >= 11 is 0. The van der Waals surface area contributed by atoms with Crippen LogP contribution < -0.4 is 0 Å². The highest BCUT2D eigenvalue weighted by atomic mass is 16.6. The maximum Gasteiger partial charge on any atom is 0.410 e. The zero-order chi connectivity index (χ0) is 14.4. The van der Waals surface area contributed by atoms with Gasteiger partial charge in [-0.05, 0) is 27.2 Å². The highest BCUT2D eigenvalue weighted by Gasteiger charge is 2.57. The molecule has 3 unspecified atom stereocenters. The van der Waals surface area contributed by atoms with Crippen LogP contribution in [0.1, 0.15) is 34.1 Å². The third-order valence-corrected chi connectivity index (χ3v) is 3.46. The van der Waals surface area contributed by atoms with Gasteiger partial charge in [0, 0.05) is 12.6 Å². The van der Waals surface area contributed by atoms with Crippen molar-refractivity contribution in [3.8, 4) is 0 Å². The fourth-order valence-corrected chi connectivity index (χ4v) is 2.71. The molecule has 0 spiro atoms. The van der Waals surface area contributed by atoms with Crippen molar-refractivity contribution in [3.63, 3.8) is 0 Å². The van der Waals surface area contributed by atoms with E-state index in [4.69, 9.17) is 4.74 Å². The Balaban J connectivity index is 2.18. The van der Waals surface area contributed by atoms with Crippen LogP contribution in [0.2, 0.25) is 0 Å². The predicted octanol–water partition coefficient (Wildman–Crippen LogP) is 1.33.